The highest BCUT2D eigenvalue weighted by atomic mass is 16.4. The van der Waals surface area contributed by atoms with Crippen LogP contribution in [0.4, 0.5) is 0 Å². The van der Waals surface area contributed by atoms with Gasteiger partial charge in [0.15, 0.2) is 6.10 Å². The minimum atomic E-state index is -1.40. The summed E-state index contributed by atoms with van der Waals surface area (Å²) in [4.78, 5) is 21.6. The fraction of sp³-hybridized carbons (Fsp3) is 0.800. The van der Waals surface area contributed by atoms with E-state index in [0.29, 0.717) is 0 Å². The Balaban J connectivity index is 3.67. The standard InChI is InChI=1S/C10H19NO4/c1-3-4-7(2)9(13)11-6-5-8(12)10(14)15/h7-8,12H,3-6H2,1-2H3,(H,11,13)(H,14,15)/t7?,8-/m0/s1. The normalized spacial score (nSPS) is 14.3. The highest BCUT2D eigenvalue weighted by molar-refractivity contribution is 5.78. The van der Waals surface area contributed by atoms with Gasteiger partial charge in [-0.05, 0) is 6.42 Å². The van der Waals surface area contributed by atoms with E-state index in [1.165, 1.54) is 0 Å². The van der Waals surface area contributed by atoms with Crippen molar-refractivity contribution in [2.24, 2.45) is 5.92 Å². The molecule has 0 spiro atoms. The number of carboxylic acid groups (broad SMARTS) is 1. The fourth-order valence-corrected chi connectivity index (χ4v) is 1.19. The molecular formula is C10H19NO4. The van der Waals surface area contributed by atoms with Crippen molar-refractivity contribution >= 4 is 11.9 Å². The second-order valence-electron chi connectivity index (χ2n) is 3.62. The minimum Gasteiger partial charge on any atom is -0.479 e. The van der Waals surface area contributed by atoms with E-state index in [9.17, 15) is 9.59 Å². The molecule has 0 saturated carbocycles. The molecule has 0 rings (SSSR count). The molecule has 0 aromatic heterocycles. The Labute approximate surface area is 89.5 Å². The van der Waals surface area contributed by atoms with Crippen molar-refractivity contribution in [3.05, 3.63) is 0 Å². The highest BCUT2D eigenvalue weighted by Gasteiger charge is 2.14. The van der Waals surface area contributed by atoms with Crippen molar-refractivity contribution in [2.75, 3.05) is 6.54 Å². The molecule has 5 nitrogen and oxygen atoms in total. The summed E-state index contributed by atoms with van der Waals surface area (Å²) in [5.74, 6) is -1.41. The Bertz CT molecular complexity index is 217. The number of hydrogen-bond acceptors (Lipinski definition) is 3. The molecule has 0 radical (unpaired) electrons. The highest BCUT2D eigenvalue weighted by Crippen LogP contribution is 2.04. The molecule has 0 saturated heterocycles. The van der Waals surface area contributed by atoms with E-state index >= 15 is 0 Å². The summed E-state index contributed by atoms with van der Waals surface area (Å²) in [6.45, 7) is 4.02. The van der Waals surface area contributed by atoms with Gasteiger partial charge in [-0.3, -0.25) is 4.79 Å². The zero-order chi connectivity index (χ0) is 11.8. The summed E-state index contributed by atoms with van der Waals surface area (Å²) in [6.07, 6.45) is 0.395. The van der Waals surface area contributed by atoms with Gasteiger partial charge in [-0.15, -0.1) is 0 Å². The van der Waals surface area contributed by atoms with Crippen LogP contribution in [0.25, 0.3) is 0 Å². The van der Waals surface area contributed by atoms with Crippen molar-refractivity contribution in [1.29, 1.82) is 0 Å². The first kappa shape index (κ1) is 13.9. The SMILES string of the molecule is CCCC(C)C(=O)NCC[C@H](O)C(=O)O. The Kier molecular flexibility index (Phi) is 6.70. The van der Waals surface area contributed by atoms with E-state index in [1.54, 1.807) is 0 Å². The quantitative estimate of drug-likeness (QED) is 0.575. The molecule has 5 heteroatoms. The summed E-state index contributed by atoms with van der Waals surface area (Å²) in [5.41, 5.74) is 0. The van der Waals surface area contributed by atoms with Crippen LogP contribution in [-0.4, -0.2) is 34.7 Å². The molecule has 0 bridgehead atoms. The van der Waals surface area contributed by atoms with E-state index in [0.717, 1.165) is 12.8 Å². The number of rotatable bonds is 7. The number of aliphatic carboxylic acids is 1. The first-order valence-electron chi connectivity index (χ1n) is 5.17. The molecule has 2 atom stereocenters. The molecule has 0 heterocycles. The molecule has 0 aliphatic rings. The Hall–Kier alpha value is -1.10. The summed E-state index contributed by atoms with van der Waals surface area (Å²) in [7, 11) is 0. The van der Waals surface area contributed by atoms with Gasteiger partial charge in [0.2, 0.25) is 5.91 Å². The van der Waals surface area contributed by atoms with E-state index in [4.69, 9.17) is 10.2 Å². The van der Waals surface area contributed by atoms with Gasteiger partial charge in [0.25, 0.3) is 0 Å². The van der Waals surface area contributed by atoms with Crippen LogP contribution in [0, 0.1) is 5.92 Å². The van der Waals surface area contributed by atoms with Crippen LogP contribution >= 0.6 is 0 Å². The molecule has 0 aliphatic heterocycles. The summed E-state index contributed by atoms with van der Waals surface area (Å²) < 4.78 is 0. The average Bonchev–Trinajstić information content (AvgIpc) is 2.17. The van der Waals surface area contributed by atoms with Gasteiger partial charge in [0.05, 0.1) is 0 Å². The van der Waals surface area contributed by atoms with E-state index < -0.39 is 12.1 Å². The molecule has 15 heavy (non-hydrogen) atoms. The van der Waals surface area contributed by atoms with Crippen LogP contribution in [0.2, 0.25) is 0 Å². The van der Waals surface area contributed by atoms with E-state index in [1.807, 2.05) is 13.8 Å². The second-order valence-corrected chi connectivity index (χ2v) is 3.62. The summed E-state index contributed by atoms with van der Waals surface area (Å²) in [5, 5.41) is 19.9. The van der Waals surface area contributed by atoms with E-state index in [-0.39, 0.29) is 24.8 Å². The molecule has 88 valence electrons. The van der Waals surface area contributed by atoms with Gasteiger partial charge < -0.3 is 15.5 Å². The van der Waals surface area contributed by atoms with Gasteiger partial charge in [-0.25, -0.2) is 4.79 Å². The third kappa shape index (κ3) is 6.06. The number of carboxylic acids is 1. The number of amides is 1. The molecule has 0 aliphatic carbocycles. The molecular weight excluding hydrogens is 198 g/mol. The maximum Gasteiger partial charge on any atom is 0.332 e. The number of nitrogens with one attached hydrogen (secondary N) is 1. The zero-order valence-electron chi connectivity index (χ0n) is 9.19. The first-order chi connectivity index (χ1) is 6.99. The van der Waals surface area contributed by atoms with Gasteiger partial charge in [-0.1, -0.05) is 20.3 Å². The van der Waals surface area contributed by atoms with Crippen LogP contribution in [0.15, 0.2) is 0 Å². The van der Waals surface area contributed by atoms with Crippen molar-refractivity contribution in [1.82, 2.24) is 5.32 Å². The number of carbonyl (C=O) groups is 2. The van der Waals surface area contributed by atoms with Crippen LogP contribution in [0.5, 0.6) is 0 Å². The monoisotopic (exact) mass is 217 g/mol. The number of hydrogen-bond donors (Lipinski definition) is 3. The third-order valence-electron chi connectivity index (χ3n) is 2.17. The molecule has 0 fully saturated rings. The number of aliphatic hydroxyl groups excluding tert-OH is 1. The molecule has 0 aromatic rings. The first-order valence-corrected chi connectivity index (χ1v) is 5.17. The van der Waals surface area contributed by atoms with Crippen LogP contribution in [-0.2, 0) is 9.59 Å². The van der Waals surface area contributed by atoms with Gasteiger partial charge >= 0.3 is 5.97 Å². The molecule has 0 aromatic carbocycles. The third-order valence-corrected chi connectivity index (χ3v) is 2.17. The smallest absolute Gasteiger partial charge is 0.332 e. The van der Waals surface area contributed by atoms with Crippen molar-refractivity contribution in [2.45, 2.75) is 39.2 Å². The van der Waals surface area contributed by atoms with Crippen LogP contribution < -0.4 is 5.32 Å². The lowest BCUT2D eigenvalue weighted by Gasteiger charge is -2.11. The van der Waals surface area contributed by atoms with Gasteiger partial charge in [-0.2, -0.15) is 0 Å². The Morgan fingerprint density at radius 3 is 2.40 bits per heavy atom. The number of carbonyl (C=O) groups excluding carboxylic acids is 1. The van der Waals surface area contributed by atoms with Crippen LogP contribution in [0.3, 0.4) is 0 Å². The van der Waals surface area contributed by atoms with Gasteiger partial charge in [0.1, 0.15) is 0 Å². The number of aliphatic hydroxyl groups is 1. The van der Waals surface area contributed by atoms with Crippen molar-refractivity contribution in [3.63, 3.8) is 0 Å². The lowest BCUT2D eigenvalue weighted by molar-refractivity contribution is -0.147. The fourth-order valence-electron chi connectivity index (χ4n) is 1.19. The average molecular weight is 217 g/mol. The van der Waals surface area contributed by atoms with Crippen molar-refractivity contribution in [3.8, 4) is 0 Å². The summed E-state index contributed by atoms with van der Waals surface area (Å²) in [6, 6.07) is 0. The Morgan fingerprint density at radius 1 is 1.33 bits per heavy atom. The molecule has 1 unspecified atom stereocenters. The molecule has 1 amide bonds. The van der Waals surface area contributed by atoms with Gasteiger partial charge in [0, 0.05) is 18.9 Å². The second kappa shape index (κ2) is 7.23. The maximum atomic E-state index is 11.3. The maximum absolute atomic E-state index is 11.3. The van der Waals surface area contributed by atoms with Crippen LogP contribution in [0.1, 0.15) is 33.1 Å². The molecule has 3 N–H and O–H groups in total. The van der Waals surface area contributed by atoms with Crippen molar-refractivity contribution < 1.29 is 19.8 Å². The topological polar surface area (TPSA) is 86.6 Å². The minimum absolute atomic E-state index is 0.0416. The predicted octanol–water partition coefficient (Wildman–Crippen LogP) is 0.374. The Morgan fingerprint density at radius 2 is 1.93 bits per heavy atom. The lowest BCUT2D eigenvalue weighted by atomic mass is 10.1. The zero-order valence-corrected chi connectivity index (χ0v) is 9.19. The van der Waals surface area contributed by atoms with E-state index in [2.05, 4.69) is 5.32 Å². The predicted molar refractivity (Wildman–Crippen MR) is 55.3 cm³/mol. The summed E-state index contributed by atoms with van der Waals surface area (Å²) >= 11 is 0. The lowest BCUT2D eigenvalue weighted by Crippen LogP contribution is -2.33. The largest absolute Gasteiger partial charge is 0.479 e.